The van der Waals surface area contributed by atoms with Crippen molar-refractivity contribution in [1.29, 1.82) is 0 Å². The molecule has 1 aromatic carbocycles. The molecule has 10 unspecified atom stereocenters. The van der Waals surface area contributed by atoms with Gasteiger partial charge in [0.1, 0.15) is 48.5 Å². The first kappa shape index (κ1) is 25.7. The molecule has 13 heteroatoms. The third-order valence-corrected chi connectivity index (χ3v) is 5.60. The fraction of sp³-hybridized carbons (Fsp3) is 0.700. The van der Waals surface area contributed by atoms with Crippen molar-refractivity contribution in [3.8, 4) is 23.0 Å². The van der Waals surface area contributed by atoms with E-state index >= 15 is 0 Å². The van der Waals surface area contributed by atoms with Crippen LogP contribution in [-0.4, -0.2) is 118 Å². The molecule has 0 radical (unpaired) electrons. The SMILES string of the molecule is COc1cc(O)c(OC2OC(COC3OC(C)C(O)C(O)C3O)C(O)C(O)C2O)c(OC)c1. The van der Waals surface area contributed by atoms with Crippen LogP contribution in [0.25, 0.3) is 0 Å². The van der Waals surface area contributed by atoms with Crippen LogP contribution in [-0.2, 0) is 14.2 Å². The smallest absolute Gasteiger partial charge is 0.229 e. The Kier molecular flexibility index (Phi) is 8.21. The second-order valence-corrected chi connectivity index (χ2v) is 7.83. The molecule has 188 valence electrons. The van der Waals surface area contributed by atoms with E-state index in [1.807, 2.05) is 0 Å². The molecular formula is C20H30O13. The van der Waals surface area contributed by atoms with E-state index in [0.717, 1.165) is 0 Å². The fourth-order valence-corrected chi connectivity index (χ4v) is 3.56. The maximum atomic E-state index is 10.3. The minimum absolute atomic E-state index is 0.0522. The zero-order valence-electron chi connectivity index (χ0n) is 18.2. The molecule has 0 aromatic heterocycles. The van der Waals surface area contributed by atoms with Crippen molar-refractivity contribution in [2.24, 2.45) is 0 Å². The highest BCUT2D eigenvalue weighted by molar-refractivity contribution is 5.55. The highest BCUT2D eigenvalue weighted by Crippen LogP contribution is 2.42. The lowest BCUT2D eigenvalue weighted by Gasteiger charge is -2.42. The lowest BCUT2D eigenvalue weighted by molar-refractivity contribution is -0.318. The van der Waals surface area contributed by atoms with Crippen LogP contribution in [0.3, 0.4) is 0 Å². The first-order valence-electron chi connectivity index (χ1n) is 10.2. The van der Waals surface area contributed by atoms with Crippen molar-refractivity contribution in [3.05, 3.63) is 12.1 Å². The van der Waals surface area contributed by atoms with Gasteiger partial charge in [0.25, 0.3) is 0 Å². The zero-order valence-corrected chi connectivity index (χ0v) is 18.2. The summed E-state index contributed by atoms with van der Waals surface area (Å²) in [5.74, 6) is -0.273. The van der Waals surface area contributed by atoms with Gasteiger partial charge in [-0.05, 0) is 6.92 Å². The van der Waals surface area contributed by atoms with E-state index in [9.17, 15) is 35.7 Å². The number of phenols is 1. The molecule has 0 saturated carbocycles. The number of aliphatic hydroxyl groups is 6. The Labute approximate surface area is 189 Å². The summed E-state index contributed by atoms with van der Waals surface area (Å²) in [5, 5.41) is 70.9. The Hall–Kier alpha value is -1.94. The second kappa shape index (κ2) is 10.5. The molecule has 7 N–H and O–H groups in total. The highest BCUT2D eigenvalue weighted by Gasteiger charge is 2.47. The number of aliphatic hydroxyl groups excluding tert-OH is 6. The number of hydrogen-bond acceptors (Lipinski definition) is 13. The van der Waals surface area contributed by atoms with Crippen molar-refractivity contribution < 1.29 is 64.2 Å². The molecule has 3 rings (SSSR count). The van der Waals surface area contributed by atoms with E-state index in [4.69, 9.17) is 28.4 Å². The summed E-state index contributed by atoms with van der Waals surface area (Å²) in [6, 6.07) is 2.65. The van der Waals surface area contributed by atoms with Crippen LogP contribution in [0.1, 0.15) is 6.92 Å². The van der Waals surface area contributed by atoms with Gasteiger partial charge >= 0.3 is 0 Å². The van der Waals surface area contributed by atoms with Crippen LogP contribution in [0, 0.1) is 0 Å². The normalized spacial score (nSPS) is 39.2. The average molecular weight is 478 g/mol. The Morgan fingerprint density at radius 3 is 2.06 bits per heavy atom. The third kappa shape index (κ3) is 5.26. The zero-order chi connectivity index (χ0) is 24.4. The summed E-state index contributed by atoms with van der Waals surface area (Å²) in [7, 11) is 2.70. The van der Waals surface area contributed by atoms with Crippen molar-refractivity contribution in [1.82, 2.24) is 0 Å². The monoisotopic (exact) mass is 478 g/mol. The largest absolute Gasteiger partial charge is 0.504 e. The van der Waals surface area contributed by atoms with Gasteiger partial charge in [-0.3, -0.25) is 0 Å². The van der Waals surface area contributed by atoms with Gasteiger partial charge in [0.05, 0.1) is 26.9 Å². The van der Waals surface area contributed by atoms with Crippen LogP contribution in [0.2, 0.25) is 0 Å². The van der Waals surface area contributed by atoms with Crippen LogP contribution < -0.4 is 14.2 Å². The van der Waals surface area contributed by atoms with Gasteiger partial charge < -0.3 is 64.2 Å². The van der Waals surface area contributed by atoms with E-state index in [2.05, 4.69) is 0 Å². The third-order valence-electron chi connectivity index (χ3n) is 5.60. The minimum Gasteiger partial charge on any atom is -0.504 e. The highest BCUT2D eigenvalue weighted by atomic mass is 16.7. The molecule has 0 spiro atoms. The predicted octanol–water partition coefficient (Wildman–Crippen LogP) is -2.56. The number of ether oxygens (including phenoxy) is 6. The van der Waals surface area contributed by atoms with E-state index in [1.54, 1.807) is 0 Å². The van der Waals surface area contributed by atoms with Gasteiger partial charge in [0.2, 0.25) is 12.0 Å². The Bertz CT molecular complexity index is 791. The summed E-state index contributed by atoms with van der Waals surface area (Å²) >= 11 is 0. The van der Waals surface area contributed by atoms with Gasteiger partial charge in [-0.2, -0.15) is 0 Å². The number of benzene rings is 1. The predicted molar refractivity (Wildman–Crippen MR) is 107 cm³/mol. The standard InChI is InChI=1S/C20H30O13/c1-7-12(22)14(24)16(26)19(31-7)30-6-11-13(23)15(25)17(27)20(32-11)33-18-9(21)4-8(28-2)5-10(18)29-3/h4-5,7,11-17,19-27H,6H2,1-3H3. The molecule has 10 atom stereocenters. The molecule has 1 aromatic rings. The summed E-state index contributed by atoms with van der Waals surface area (Å²) in [6.07, 6.45) is -14.5. The Morgan fingerprint density at radius 2 is 1.42 bits per heavy atom. The van der Waals surface area contributed by atoms with Crippen molar-refractivity contribution in [2.75, 3.05) is 20.8 Å². The molecule has 2 fully saturated rings. The van der Waals surface area contributed by atoms with Gasteiger partial charge in [-0.15, -0.1) is 0 Å². The van der Waals surface area contributed by atoms with E-state index in [0.29, 0.717) is 0 Å². The second-order valence-electron chi connectivity index (χ2n) is 7.83. The number of rotatable bonds is 7. The molecule has 0 amide bonds. The average Bonchev–Trinajstić information content (AvgIpc) is 2.80. The summed E-state index contributed by atoms with van der Waals surface area (Å²) in [5.41, 5.74) is 0. The molecule has 2 aliphatic rings. The van der Waals surface area contributed by atoms with E-state index in [1.165, 1.54) is 33.3 Å². The Morgan fingerprint density at radius 1 is 0.788 bits per heavy atom. The first-order chi connectivity index (χ1) is 15.6. The maximum absolute atomic E-state index is 10.3. The van der Waals surface area contributed by atoms with Crippen molar-refractivity contribution in [3.63, 3.8) is 0 Å². The quantitative estimate of drug-likeness (QED) is 0.216. The molecule has 0 bridgehead atoms. The van der Waals surface area contributed by atoms with Crippen LogP contribution >= 0.6 is 0 Å². The van der Waals surface area contributed by atoms with Gasteiger partial charge in [0, 0.05) is 12.1 Å². The molecule has 33 heavy (non-hydrogen) atoms. The number of hydrogen-bond donors (Lipinski definition) is 7. The lowest BCUT2D eigenvalue weighted by Crippen LogP contribution is -2.61. The topological polar surface area (TPSA) is 197 Å². The maximum Gasteiger partial charge on any atom is 0.229 e. The van der Waals surface area contributed by atoms with Crippen LogP contribution in [0.15, 0.2) is 12.1 Å². The van der Waals surface area contributed by atoms with Gasteiger partial charge in [0.15, 0.2) is 17.8 Å². The van der Waals surface area contributed by atoms with Crippen molar-refractivity contribution in [2.45, 2.75) is 68.3 Å². The number of methoxy groups -OCH3 is 2. The molecule has 2 saturated heterocycles. The van der Waals surface area contributed by atoms with Crippen LogP contribution in [0.5, 0.6) is 23.0 Å². The first-order valence-corrected chi connectivity index (χ1v) is 10.2. The number of phenolic OH excluding ortho intramolecular Hbond substituents is 1. The molecule has 2 aliphatic heterocycles. The fourth-order valence-electron chi connectivity index (χ4n) is 3.56. The molecule has 0 aliphatic carbocycles. The number of aromatic hydroxyl groups is 1. The van der Waals surface area contributed by atoms with Crippen LogP contribution in [0.4, 0.5) is 0 Å². The van der Waals surface area contributed by atoms with E-state index < -0.39 is 73.8 Å². The molecule has 13 nitrogen and oxygen atoms in total. The van der Waals surface area contributed by atoms with Gasteiger partial charge in [-0.1, -0.05) is 0 Å². The summed E-state index contributed by atoms with van der Waals surface area (Å²) < 4.78 is 32.0. The molecular weight excluding hydrogens is 448 g/mol. The Balaban J connectivity index is 1.72. The van der Waals surface area contributed by atoms with Crippen molar-refractivity contribution >= 4 is 0 Å². The summed E-state index contributed by atoms with van der Waals surface area (Å²) in [6.45, 7) is 1.02. The minimum atomic E-state index is -1.72. The molecule has 2 heterocycles. The summed E-state index contributed by atoms with van der Waals surface area (Å²) in [4.78, 5) is 0. The van der Waals surface area contributed by atoms with E-state index in [-0.39, 0.29) is 17.2 Å². The van der Waals surface area contributed by atoms with Gasteiger partial charge in [-0.25, -0.2) is 0 Å². The lowest BCUT2D eigenvalue weighted by atomic mass is 9.98.